The predicted molar refractivity (Wildman–Crippen MR) is 122 cm³/mol. The van der Waals surface area contributed by atoms with Gasteiger partial charge in [-0.3, -0.25) is 0 Å². The zero-order valence-electron chi connectivity index (χ0n) is 19.0. The van der Waals surface area contributed by atoms with Crippen molar-refractivity contribution in [1.82, 2.24) is 9.88 Å². The first-order valence-corrected chi connectivity index (χ1v) is 11.9. The van der Waals surface area contributed by atoms with Crippen LogP contribution in [0.25, 0.3) is 10.9 Å². The molecular weight excluding hydrogens is 392 g/mol. The summed E-state index contributed by atoms with van der Waals surface area (Å²) in [6, 6.07) is 5.87. The Kier molecular flexibility index (Phi) is 7.38. The van der Waals surface area contributed by atoms with Crippen LogP contribution in [-0.4, -0.2) is 55.3 Å². The molecule has 1 N–H and O–H groups in total. The van der Waals surface area contributed by atoms with Crippen LogP contribution >= 0.6 is 0 Å². The molecule has 0 atom stereocenters. The molecule has 4 rings (SSSR count). The number of rotatable bonds is 8. The lowest BCUT2D eigenvalue weighted by Gasteiger charge is -2.25. The van der Waals surface area contributed by atoms with Crippen molar-refractivity contribution in [3.8, 4) is 11.5 Å². The maximum absolute atomic E-state index is 12.6. The minimum atomic E-state index is -0.337. The van der Waals surface area contributed by atoms with E-state index in [1.54, 1.807) is 0 Å². The number of esters is 1. The van der Waals surface area contributed by atoms with Crippen LogP contribution in [0.1, 0.15) is 74.7 Å². The Labute approximate surface area is 185 Å². The fourth-order valence-electron chi connectivity index (χ4n) is 4.59. The lowest BCUT2D eigenvalue weighted by molar-refractivity contribution is 0.0476. The molecule has 6 nitrogen and oxygen atoms in total. The number of nitrogens with one attached hydrogen (secondary N) is 1. The molecule has 2 aromatic rings. The molecule has 170 valence electrons. The number of ether oxygens (including phenoxy) is 3. The average molecular weight is 429 g/mol. The molecule has 0 spiro atoms. The van der Waals surface area contributed by atoms with E-state index in [4.69, 9.17) is 14.2 Å². The molecule has 31 heavy (non-hydrogen) atoms. The highest BCUT2D eigenvalue weighted by molar-refractivity contribution is 5.97. The maximum atomic E-state index is 12.6. The molecule has 0 bridgehead atoms. The third-order valence-corrected chi connectivity index (χ3v) is 6.37. The Morgan fingerprint density at radius 2 is 1.58 bits per heavy atom. The van der Waals surface area contributed by atoms with Crippen LogP contribution in [-0.2, 0) is 4.74 Å². The zero-order chi connectivity index (χ0) is 21.6. The number of likely N-dealkylation sites (N-methyl/N-ethyl adjacent to an activating group) is 1. The topological polar surface area (TPSA) is 63.8 Å². The molecule has 1 heterocycles. The van der Waals surface area contributed by atoms with Gasteiger partial charge in [0.1, 0.15) is 23.8 Å². The van der Waals surface area contributed by atoms with Crippen LogP contribution in [0.15, 0.2) is 18.2 Å². The predicted octanol–water partition coefficient (Wildman–Crippen LogP) is 5.31. The van der Waals surface area contributed by atoms with Crippen LogP contribution < -0.4 is 9.47 Å². The number of hydrogen-bond acceptors (Lipinski definition) is 5. The minimum Gasteiger partial charge on any atom is -0.490 e. The van der Waals surface area contributed by atoms with Crippen molar-refractivity contribution in [2.75, 3.05) is 27.2 Å². The number of benzene rings is 1. The quantitative estimate of drug-likeness (QED) is 0.577. The first kappa shape index (κ1) is 22.0. The van der Waals surface area contributed by atoms with Crippen molar-refractivity contribution in [2.45, 2.75) is 76.4 Å². The molecule has 2 saturated carbocycles. The Morgan fingerprint density at radius 1 is 0.935 bits per heavy atom. The number of fused-ring (bicyclic) bond motifs is 1. The highest BCUT2D eigenvalue weighted by Gasteiger charge is 2.21. The largest absolute Gasteiger partial charge is 0.490 e. The molecule has 0 amide bonds. The van der Waals surface area contributed by atoms with Crippen molar-refractivity contribution >= 4 is 16.9 Å². The fourth-order valence-corrected chi connectivity index (χ4v) is 4.59. The van der Waals surface area contributed by atoms with Gasteiger partial charge in [0.25, 0.3) is 0 Å². The van der Waals surface area contributed by atoms with E-state index in [2.05, 4.69) is 4.98 Å². The lowest BCUT2D eigenvalue weighted by atomic mass is 9.97. The standard InChI is InChI=1S/C25H36N2O4/c1-27(2)13-14-29-25(28)23-17-21-22(26-23)15-20(30-18-9-5-3-6-10-18)16-24(21)31-19-11-7-4-8-12-19/h15-19,26H,3-14H2,1-2H3. The van der Waals surface area contributed by atoms with Gasteiger partial charge in [-0.25, -0.2) is 4.79 Å². The average Bonchev–Trinajstić information content (AvgIpc) is 3.20. The Hall–Kier alpha value is -2.21. The third-order valence-electron chi connectivity index (χ3n) is 6.37. The molecule has 2 fully saturated rings. The van der Waals surface area contributed by atoms with Gasteiger partial charge < -0.3 is 24.1 Å². The van der Waals surface area contributed by atoms with Gasteiger partial charge in [0.05, 0.1) is 17.7 Å². The van der Waals surface area contributed by atoms with Gasteiger partial charge in [-0.2, -0.15) is 0 Å². The molecule has 2 aliphatic rings. The summed E-state index contributed by atoms with van der Waals surface area (Å²) in [4.78, 5) is 17.8. The van der Waals surface area contributed by atoms with E-state index in [9.17, 15) is 4.79 Å². The number of aromatic nitrogens is 1. The summed E-state index contributed by atoms with van der Waals surface area (Å²) in [6.45, 7) is 1.06. The van der Waals surface area contributed by atoms with Crippen molar-refractivity contribution in [2.24, 2.45) is 0 Å². The molecule has 0 saturated heterocycles. The molecule has 0 aliphatic heterocycles. The van der Waals surface area contributed by atoms with Gasteiger partial charge in [0.2, 0.25) is 0 Å². The fraction of sp³-hybridized carbons (Fsp3) is 0.640. The Bertz CT molecular complexity index is 864. The van der Waals surface area contributed by atoms with E-state index in [0.717, 1.165) is 48.1 Å². The van der Waals surface area contributed by atoms with Gasteiger partial charge >= 0.3 is 5.97 Å². The molecule has 0 radical (unpaired) electrons. The van der Waals surface area contributed by atoms with Gasteiger partial charge in [-0.15, -0.1) is 0 Å². The van der Waals surface area contributed by atoms with E-state index in [1.165, 1.54) is 38.5 Å². The third kappa shape index (κ3) is 5.94. The van der Waals surface area contributed by atoms with Crippen LogP contribution in [0.2, 0.25) is 0 Å². The number of hydrogen-bond donors (Lipinski definition) is 1. The number of aromatic amines is 1. The van der Waals surface area contributed by atoms with Crippen LogP contribution in [0, 0.1) is 0 Å². The van der Waals surface area contributed by atoms with E-state index in [1.807, 2.05) is 37.2 Å². The highest BCUT2D eigenvalue weighted by atomic mass is 16.5. The van der Waals surface area contributed by atoms with Gasteiger partial charge in [-0.1, -0.05) is 12.8 Å². The monoisotopic (exact) mass is 428 g/mol. The van der Waals surface area contributed by atoms with Crippen molar-refractivity contribution in [1.29, 1.82) is 0 Å². The summed E-state index contributed by atoms with van der Waals surface area (Å²) >= 11 is 0. The number of carbonyl (C=O) groups excluding carboxylic acids is 1. The van der Waals surface area contributed by atoms with Gasteiger partial charge in [-0.05, 0) is 71.5 Å². The molecule has 0 unspecified atom stereocenters. The van der Waals surface area contributed by atoms with Crippen LogP contribution in [0.4, 0.5) is 0 Å². The van der Waals surface area contributed by atoms with Gasteiger partial charge in [0, 0.05) is 24.1 Å². The Morgan fingerprint density at radius 3 is 2.23 bits per heavy atom. The summed E-state index contributed by atoms with van der Waals surface area (Å²) in [5.74, 6) is 1.29. The molecular formula is C25H36N2O4. The van der Waals surface area contributed by atoms with Crippen molar-refractivity contribution < 1.29 is 19.0 Å². The maximum Gasteiger partial charge on any atom is 0.354 e. The smallest absolute Gasteiger partial charge is 0.354 e. The highest BCUT2D eigenvalue weighted by Crippen LogP contribution is 2.36. The molecule has 1 aromatic heterocycles. The van der Waals surface area contributed by atoms with Crippen molar-refractivity contribution in [3.63, 3.8) is 0 Å². The first-order valence-electron chi connectivity index (χ1n) is 11.9. The first-order chi connectivity index (χ1) is 15.1. The summed E-state index contributed by atoms with van der Waals surface area (Å²) < 4.78 is 18.2. The van der Waals surface area contributed by atoms with E-state index in [0.29, 0.717) is 18.8 Å². The number of H-pyrrole nitrogens is 1. The van der Waals surface area contributed by atoms with Crippen LogP contribution in [0.5, 0.6) is 11.5 Å². The second kappa shape index (κ2) is 10.4. The second-order valence-electron chi connectivity index (χ2n) is 9.26. The molecule has 6 heteroatoms. The number of carbonyl (C=O) groups is 1. The van der Waals surface area contributed by atoms with Crippen LogP contribution in [0.3, 0.4) is 0 Å². The molecule has 1 aromatic carbocycles. The second-order valence-corrected chi connectivity index (χ2v) is 9.26. The number of nitrogens with zero attached hydrogens (tertiary/aromatic N) is 1. The summed E-state index contributed by atoms with van der Waals surface area (Å²) in [5.41, 5.74) is 1.32. The van der Waals surface area contributed by atoms with Crippen molar-refractivity contribution in [3.05, 3.63) is 23.9 Å². The minimum absolute atomic E-state index is 0.229. The lowest BCUT2D eigenvalue weighted by Crippen LogP contribution is -2.21. The summed E-state index contributed by atoms with van der Waals surface area (Å²) in [5, 5.41) is 0.918. The SMILES string of the molecule is CN(C)CCOC(=O)c1cc2c(OC3CCCCC3)cc(OC3CCCCC3)cc2[nH]1. The van der Waals surface area contributed by atoms with E-state index < -0.39 is 0 Å². The molecule has 2 aliphatic carbocycles. The summed E-state index contributed by atoms with van der Waals surface area (Å²) in [7, 11) is 3.92. The van der Waals surface area contributed by atoms with E-state index in [-0.39, 0.29) is 18.2 Å². The van der Waals surface area contributed by atoms with E-state index >= 15 is 0 Å². The van der Waals surface area contributed by atoms with Gasteiger partial charge in [0.15, 0.2) is 0 Å². The normalized spacial score (nSPS) is 18.4. The summed E-state index contributed by atoms with van der Waals surface area (Å²) in [6.07, 6.45) is 12.3. The Balaban J connectivity index is 1.57. The zero-order valence-corrected chi connectivity index (χ0v) is 19.0.